The number of carboxylic acids is 1. The molecule has 1 saturated carbocycles. The highest BCUT2D eigenvalue weighted by atomic mass is 16.4. The molecular weight excluding hydrogens is 254 g/mol. The SMILES string of the molecule is CCCCCCCNC(=O)[C@@H]1[C@@H](C(=O)O)[C@@H]2C=C[C@H]1C2. The molecule has 112 valence electrons. The lowest BCUT2D eigenvalue weighted by Gasteiger charge is -2.23. The second kappa shape index (κ2) is 6.91. The van der Waals surface area contributed by atoms with Crippen LogP contribution in [0.15, 0.2) is 12.2 Å². The molecule has 0 radical (unpaired) electrons. The maximum absolute atomic E-state index is 12.2. The van der Waals surface area contributed by atoms with Crippen molar-refractivity contribution in [3.63, 3.8) is 0 Å². The zero-order chi connectivity index (χ0) is 14.5. The van der Waals surface area contributed by atoms with Crippen LogP contribution in [0.2, 0.25) is 0 Å². The number of unbranched alkanes of at least 4 members (excludes halogenated alkanes) is 4. The topological polar surface area (TPSA) is 66.4 Å². The van der Waals surface area contributed by atoms with Gasteiger partial charge in [-0.3, -0.25) is 9.59 Å². The van der Waals surface area contributed by atoms with Gasteiger partial charge in [0.05, 0.1) is 11.8 Å². The summed E-state index contributed by atoms with van der Waals surface area (Å²) < 4.78 is 0. The van der Waals surface area contributed by atoms with E-state index < -0.39 is 11.9 Å². The third-order valence-electron chi connectivity index (χ3n) is 4.63. The van der Waals surface area contributed by atoms with Gasteiger partial charge in [0.1, 0.15) is 0 Å². The molecule has 0 aromatic rings. The molecule has 0 saturated heterocycles. The maximum atomic E-state index is 12.2. The Morgan fingerprint density at radius 1 is 1.10 bits per heavy atom. The van der Waals surface area contributed by atoms with Crippen LogP contribution in [0.4, 0.5) is 0 Å². The fourth-order valence-electron chi connectivity index (χ4n) is 3.57. The standard InChI is InChI=1S/C16H25NO3/c1-2-3-4-5-6-9-17-15(18)13-11-7-8-12(10-11)14(13)16(19)20/h7-8,11-14H,2-6,9-10H2,1H3,(H,17,18)(H,19,20)/t11-,12+,13-,14-/m0/s1. The van der Waals surface area contributed by atoms with Crippen molar-refractivity contribution in [2.24, 2.45) is 23.7 Å². The highest BCUT2D eigenvalue weighted by Crippen LogP contribution is 2.48. The number of hydrogen-bond acceptors (Lipinski definition) is 2. The van der Waals surface area contributed by atoms with Crippen molar-refractivity contribution in [2.75, 3.05) is 6.54 Å². The minimum atomic E-state index is -0.829. The van der Waals surface area contributed by atoms with Crippen molar-refractivity contribution in [2.45, 2.75) is 45.4 Å². The number of hydrogen-bond donors (Lipinski definition) is 2. The number of fused-ring (bicyclic) bond motifs is 2. The van der Waals surface area contributed by atoms with Crippen LogP contribution in [-0.4, -0.2) is 23.5 Å². The molecule has 4 nitrogen and oxygen atoms in total. The van der Waals surface area contributed by atoms with Crippen LogP contribution in [0, 0.1) is 23.7 Å². The molecule has 20 heavy (non-hydrogen) atoms. The van der Waals surface area contributed by atoms with E-state index in [1.54, 1.807) is 0 Å². The van der Waals surface area contributed by atoms with Crippen LogP contribution in [-0.2, 0) is 9.59 Å². The minimum Gasteiger partial charge on any atom is -0.481 e. The van der Waals surface area contributed by atoms with E-state index in [1.165, 1.54) is 19.3 Å². The monoisotopic (exact) mass is 279 g/mol. The molecule has 2 rings (SSSR count). The third kappa shape index (κ3) is 3.22. The molecule has 4 atom stereocenters. The number of carbonyl (C=O) groups excluding carboxylic acids is 1. The van der Waals surface area contributed by atoms with Gasteiger partial charge in [0, 0.05) is 6.54 Å². The van der Waals surface area contributed by atoms with E-state index in [0.717, 1.165) is 19.3 Å². The molecule has 1 fully saturated rings. The number of carboxylic acid groups (broad SMARTS) is 1. The quantitative estimate of drug-likeness (QED) is 0.530. The molecular formula is C16H25NO3. The number of allylic oxidation sites excluding steroid dienone is 2. The third-order valence-corrected chi connectivity index (χ3v) is 4.63. The summed E-state index contributed by atoms with van der Waals surface area (Å²) in [6.45, 7) is 2.85. The maximum Gasteiger partial charge on any atom is 0.307 e. The predicted octanol–water partition coefficient (Wildman–Crippen LogP) is 2.60. The van der Waals surface area contributed by atoms with Crippen LogP contribution in [0.1, 0.15) is 45.4 Å². The number of rotatable bonds is 8. The van der Waals surface area contributed by atoms with Gasteiger partial charge in [-0.1, -0.05) is 44.8 Å². The minimum absolute atomic E-state index is 0.0535. The number of aliphatic carboxylic acids is 1. The summed E-state index contributed by atoms with van der Waals surface area (Å²) in [5.74, 6) is -1.60. The molecule has 0 heterocycles. The second-order valence-corrected chi connectivity index (χ2v) is 6.04. The summed E-state index contributed by atoms with van der Waals surface area (Å²) in [6.07, 6.45) is 10.6. The molecule has 2 N–H and O–H groups in total. The van der Waals surface area contributed by atoms with Gasteiger partial charge in [0.15, 0.2) is 0 Å². The van der Waals surface area contributed by atoms with Gasteiger partial charge in [-0.2, -0.15) is 0 Å². The zero-order valence-electron chi connectivity index (χ0n) is 12.2. The van der Waals surface area contributed by atoms with Gasteiger partial charge < -0.3 is 10.4 Å². The second-order valence-electron chi connectivity index (χ2n) is 6.04. The van der Waals surface area contributed by atoms with E-state index in [0.29, 0.717) is 6.54 Å². The normalized spacial score (nSPS) is 30.6. The van der Waals surface area contributed by atoms with Gasteiger partial charge in [0.25, 0.3) is 0 Å². The predicted molar refractivity (Wildman–Crippen MR) is 77.1 cm³/mol. The fraction of sp³-hybridized carbons (Fsp3) is 0.750. The first-order chi connectivity index (χ1) is 9.65. The summed E-state index contributed by atoms with van der Waals surface area (Å²) in [5.41, 5.74) is 0. The van der Waals surface area contributed by atoms with E-state index in [2.05, 4.69) is 12.2 Å². The Balaban J connectivity index is 1.77. The molecule has 0 unspecified atom stereocenters. The van der Waals surface area contributed by atoms with Crippen molar-refractivity contribution < 1.29 is 14.7 Å². The lowest BCUT2D eigenvalue weighted by Crippen LogP contribution is -2.40. The molecule has 0 aromatic carbocycles. The highest BCUT2D eigenvalue weighted by Gasteiger charge is 2.51. The van der Waals surface area contributed by atoms with E-state index in [9.17, 15) is 14.7 Å². The summed E-state index contributed by atoms with van der Waals surface area (Å²) in [5, 5.41) is 12.2. The van der Waals surface area contributed by atoms with Gasteiger partial charge in [-0.15, -0.1) is 0 Å². The molecule has 0 aliphatic heterocycles. The van der Waals surface area contributed by atoms with Crippen molar-refractivity contribution in [1.29, 1.82) is 0 Å². The van der Waals surface area contributed by atoms with Crippen molar-refractivity contribution in [1.82, 2.24) is 5.32 Å². The molecule has 2 aliphatic rings. The van der Waals surface area contributed by atoms with E-state index >= 15 is 0 Å². The Hall–Kier alpha value is -1.32. The molecule has 0 aromatic heterocycles. The zero-order valence-corrected chi connectivity index (χ0v) is 12.2. The van der Waals surface area contributed by atoms with Crippen LogP contribution < -0.4 is 5.32 Å². The molecule has 4 heteroatoms. The lowest BCUT2D eigenvalue weighted by molar-refractivity contribution is -0.147. The first kappa shape index (κ1) is 15.1. The molecule has 2 aliphatic carbocycles. The van der Waals surface area contributed by atoms with Gasteiger partial charge in [0.2, 0.25) is 5.91 Å². The Kier molecular flexibility index (Phi) is 5.21. The van der Waals surface area contributed by atoms with Crippen LogP contribution >= 0.6 is 0 Å². The van der Waals surface area contributed by atoms with E-state index in [1.807, 2.05) is 12.2 Å². The number of carbonyl (C=O) groups is 2. The summed E-state index contributed by atoms with van der Waals surface area (Å²) in [6, 6.07) is 0. The molecule has 2 bridgehead atoms. The highest BCUT2D eigenvalue weighted by molar-refractivity contribution is 5.86. The van der Waals surface area contributed by atoms with Gasteiger partial charge in [-0.05, 0) is 24.7 Å². The summed E-state index contributed by atoms with van der Waals surface area (Å²) in [7, 11) is 0. The summed E-state index contributed by atoms with van der Waals surface area (Å²) >= 11 is 0. The van der Waals surface area contributed by atoms with E-state index in [4.69, 9.17) is 0 Å². The molecule has 0 spiro atoms. The fourth-order valence-corrected chi connectivity index (χ4v) is 3.57. The number of amides is 1. The lowest BCUT2D eigenvalue weighted by atomic mass is 9.82. The van der Waals surface area contributed by atoms with Crippen LogP contribution in [0.25, 0.3) is 0 Å². The smallest absolute Gasteiger partial charge is 0.307 e. The van der Waals surface area contributed by atoms with Gasteiger partial charge in [-0.25, -0.2) is 0 Å². The number of nitrogens with one attached hydrogen (secondary N) is 1. The Bertz CT molecular complexity index is 391. The van der Waals surface area contributed by atoms with Crippen LogP contribution in [0.3, 0.4) is 0 Å². The average molecular weight is 279 g/mol. The first-order valence-electron chi connectivity index (χ1n) is 7.84. The summed E-state index contributed by atoms with van der Waals surface area (Å²) in [4.78, 5) is 23.6. The largest absolute Gasteiger partial charge is 0.481 e. The Morgan fingerprint density at radius 2 is 1.75 bits per heavy atom. The Labute approximate surface area is 120 Å². The van der Waals surface area contributed by atoms with Gasteiger partial charge >= 0.3 is 5.97 Å². The van der Waals surface area contributed by atoms with E-state index in [-0.39, 0.29) is 23.7 Å². The first-order valence-corrected chi connectivity index (χ1v) is 7.84. The van der Waals surface area contributed by atoms with Crippen LogP contribution in [0.5, 0.6) is 0 Å². The van der Waals surface area contributed by atoms with Crippen molar-refractivity contribution in [3.8, 4) is 0 Å². The average Bonchev–Trinajstić information content (AvgIpc) is 3.02. The molecule has 1 amide bonds. The Morgan fingerprint density at radius 3 is 2.40 bits per heavy atom. The van der Waals surface area contributed by atoms with Crippen molar-refractivity contribution >= 4 is 11.9 Å². The van der Waals surface area contributed by atoms with Crippen molar-refractivity contribution in [3.05, 3.63) is 12.2 Å².